The van der Waals surface area contributed by atoms with Gasteiger partial charge in [0, 0.05) is 17.5 Å². The molecule has 3 atom stereocenters. The molecule has 3 unspecified atom stereocenters. The van der Waals surface area contributed by atoms with Crippen LogP contribution in [0, 0.1) is 11.8 Å². The Labute approximate surface area is 129 Å². The topological polar surface area (TPSA) is 70.6 Å². The van der Waals surface area contributed by atoms with Crippen molar-refractivity contribution < 1.29 is 9.59 Å². The largest absolute Gasteiger partial charge is 0.325 e. The zero-order chi connectivity index (χ0) is 15.3. The molecule has 4 rings (SSSR count). The molecule has 0 radical (unpaired) electrons. The first-order valence-electron chi connectivity index (χ1n) is 8.01. The number of fused-ring (bicyclic) bond motifs is 2. The van der Waals surface area contributed by atoms with E-state index in [1.54, 1.807) is 0 Å². The van der Waals surface area contributed by atoms with Crippen LogP contribution in [0.4, 0.5) is 5.69 Å². The van der Waals surface area contributed by atoms with Gasteiger partial charge in [-0.25, -0.2) is 5.43 Å². The van der Waals surface area contributed by atoms with Crippen molar-refractivity contribution in [2.75, 3.05) is 5.32 Å². The van der Waals surface area contributed by atoms with E-state index in [2.05, 4.69) is 21.9 Å². The summed E-state index contributed by atoms with van der Waals surface area (Å²) >= 11 is 0. The minimum atomic E-state index is -0.0758. The molecule has 22 heavy (non-hydrogen) atoms. The van der Waals surface area contributed by atoms with Crippen LogP contribution in [-0.4, -0.2) is 17.5 Å². The smallest absolute Gasteiger partial charge is 0.243 e. The van der Waals surface area contributed by atoms with E-state index in [9.17, 15) is 9.59 Å². The second kappa shape index (κ2) is 4.93. The number of hydrogen-bond acceptors (Lipinski definition) is 3. The van der Waals surface area contributed by atoms with Crippen molar-refractivity contribution in [3.63, 3.8) is 0 Å². The van der Waals surface area contributed by atoms with Crippen LogP contribution < -0.4 is 10.7 Å². The van der Waals surface area contributed by atoms with Crippen LogP contribution in [-0.2, 0) is 9.59 Å². The van der Waals surface area contributed by atoms with Gasteiger partial charge >= 0.3 is 0 Å². The fraction of sp³-hybridized carbons (Fsp3) is 0.471. The van der Waals surface area contributed by atoms with Crippen molar-refractivity contribution in [1.82, 2.24) is 5.43 Å². The Bertz CT molecular complexity index is 695. The minimum absolute atomic E-state index is 0.0516. The molecular weight excluding hydrogens is 278 g/mol. The summed E-state index contributed by atoms with van der Waals surface area (Å²) in [6, 6.07) is 6.04. The minimum Gasteiger partial charge on any atom is -0.325 e. The van der Waals surface area contributed by atoms with Gasteiger partial charge < -0.3 is 5.32 Å². The molecule has 2 aliphatic heterocycles. The molecule has 1 aromatic rings. The number of benzene rings is 1. The number of hydrogen-bond donors (Lipinski definition) is 2. The highest BCUT2D eigenvalue weighted by Crippen LogP contribution is 2.39. The predicted octanol–water partition coefficient (Wildman–Crippen LogP) is 2.38. The lowest BCUT2D eigenvalue weighted by molar-refractivity contribution is -0.126. The fourth-order valence-electron chi connectivity index (χ4n) is 4.05. The first kappa shape index (κ1) is 13.5. The first-order valence-corrected chi connectivity index (χ1v) is 8.01. The summed E-state index contributed by atoms with van der Waals surface area (Å²) in [4.78, 5) is 23.9. The van der Waals surface area contributed by atoms with E-state index < -0.39 is 0 Å². The second-order valence-electron chi connectivity index (χ2n) is 6.37. The SMILES string of the molecule is CCC1C(=O)Nc2ccc(C3=NNC(=O)C4CCCC34)cc21. The van der Waals surface area contributed by atoms with Crippen molar-refractivity contribution in [1.29, 1.82) is 0 Å². The Morgan fingerprint density at radius 1 is 1.18 bits per heavy atom. The van der Waals surface area contributed by atoms with E-state index in [0.29, 0.717) is 0 Å². The third-order valence-corrected chi connectivity index (χ3v) is 5.20. The lowest BCUT2D eigenvalue weighted by atomic mass is 9.85. The predicted molar refractivity (Wildman–Crippen MR) is 83.6 cm³/mol. The number of hydrazone groups is 1. The van der Waals surface area contributed by atoms with E-state index in [0.717, 1.165) is 48.2 Å². The average Bonchev–Trinajstić information content (AvgIpc) is 3.11. The molecule has 1 saturated carbocycles. The molecule has 1 aromatic carbocycles. The number of carbonyl (C=O) groups is 2. The van der Waals surface area contributed by atoms with E-state index in [-0.39, 0.29) is 29.6 Å². The number of anilines is 1. The van der Waals surface area contributed by atoms with Gasteiger partial charge in [0.05, 0.1) is 11.6 Å². The Kier molecular flexibility index (Phi) is 3.03. The zero-order valence-electron chi connectivity index (χ0n) is 12.6. The summed E-state index contributed by atoms with van der Waals surface area (Å²) in [6.07, 6.45) is 3.82. The van der Waals surface area contributed by atoms with E-state index in [1.165, 1.54) is 0 Å². The standard InChI is InChI=1S/C17H19N3O2/c1-2-10-13-8-9(6-7-14(13)18-16(10)21)15-11-4-3-5-12(11)17(22)20-19-15/h6-8,10-12H,2-5H2,1H3,(H,18,21)(H,20,22). The van der Waals surface area contributed by atoms with Crippen LogP contribution in [0.2, 0.25) is 0 Å². The highest BCUT2D eigenvalue weighted by atomic mass is 16.2. The number of rotatable bonds is 2. The Morgan fingerprint density at radius 3 is 2.82 bits per heavy atom. The van der Waals surface area contributed by atoms with Gasteiger partial charge in [0.25, 0.3) is 0 Å². The average molecular weight is 297 g/mol. The van der Waals surface area contributed by atoms with Crippen LogP contribution in [0.15, 0.2) is 23.3 Å². The number of nitrogens with one attached hydrogen (secondary N) is 2. The number of carbonyl (C=O) groups excluding carboxylic acids is 2. The van der Waals surface area contributed by atoms with Crippen LogP contribution >= 0.6 is 0 Å². The highest BCUT2D eigenvalue weighted by Gasteiger charge is 2.40. The maximum atomic E-state index is 12.0. The van der Waals surface area contributed by atoms with Gasteiger partial charge in [-0.3, -0.25) is 9.59 Å². The summed E-state index contributed by atoms with van der Waals surface area (Å²) in [7, 11) is 0. The molecule has 0 spiro atoms. The van der Waals surface area contributed by atoms with Gasteiger partial charge in [0.1, 0.15) is 0 Å². The third-order valence-electron chi connectivity index (χ3n) is 5.20. The molecule has 5 nitrogen and oxygen atoms in total. The maximum Gasteiger partial charge on any atom is 0.243 e. The van der Waals surface area contributed by atoms with Crippen LogP contribution in [0.25, 0.3) is 0 Å². The Morgan fingerprint density at radius 2 is 2.00 bits per heavy atom. The van der Waals surface area contributed by atoms with Gasteiger partial charge in [-0.15, -0.1) is 0 Å². The Balaban J connectivity index is 1.74. The number of amides is 2. The molecule has 0 aromatic heterocycles. The molecular formula is C17H19N3O2. The summed E-state index contributed by atoms with van der Waals surface area (Å²) in [5.74, 6) is 0.329. The van der Waals surface area contributed by atoms with Crippen molar-refractivity contribution >= 4 is 23.2 Å². The molecule has 3 aliphatic rings. The van der Waals surface area contributed by atoms with Crippen molar-refractivity contribution in [2.45, 2.75) is 38.5 Å². The quantitative estimate of drug-likeness (QED) is 0.880. The summed E-state index contributed by atoms with van der Waals surface area (Å²) in [6.45, 7) is 2.03. The second-order valence-corrected chi connectivity index (χ2v) is 6.37. The van der Waals surface area contributed by atoms with Crippen LogP contribution in [0.5, 0.6) is 0 Å². The summed E-state index contributed by atoms with van der Waals surface area (Å²) in [5.41, 5.74) is 6.64. The lowest BCUT2D eigenvalue weighted by Crippen LogP contribution is -2.39. The fourth-order valence-corrected chi connectivity index (χ4v) is 4.05. The van der Waals surface area contributed by atoms with Crippen LogP contribution in [0.3, 0.4) is 0 Å². The molecule has 1 fully saturated rings. The molecule has 2 N–H and O–H groups in total. The van der Waals surface area contributed by atoms with E-state index >= 15 is 0 Å². The van der Waals surface area contributed by atoms with Gasteiger partial charge in [-0.1, -0.05) is 19.4 Å². The molecule has 0 saturated heterocycles. The first-order chi connectivity index (χ1) is 10.7. The monoisotopic (exact) mass is 297 g/mol. The maximum absolute atomic E-state index is 12.0. The van der Waals surface area contributed by atoms with Gasteiger partial charge in [-0.05, 0) is 42.5 Å². The van der Waals surface area contributed by atoms with Crippen LogP contribution in [0.1, 0.15) is 49.7 Å². The zero-order valence-corrected chi connectivity index (χ0v) is 12.6. The normalized spacial score (nSPS) is 29.5. The van der Waals surface area contributed by atoms with E-state index in [1.807, 2.05) is 19.1 Å². The highest BCUT2D eigenvalue weighted by molar-refractivity contribution is 6.09. The van der Waals surface area contributed by atoms with E-state index in [4.69, 9.17) is 0 Å². The number of nitrogens with zero attached hydrogens (tertiary/aromatic N) is 1. The molecule has 2 heterocycles. The van der Waals surface area contributed by atoms with Crippen molar-refractivity contribution in [3.05, 3.63) is 29.3 Å². The summed E-state index contributed by atoms with van der Waals surface area (Å²) < 4.78 is 0. The van der Waals surface area contributed by atoms with Crippen molar-refractivity contribution in [3.8, 4) is 0 Å². The van der Waals surface area contributed by atoms with Gasteiger partial charge in [0.15, 0.2) is 0 Å². The third kappa shape index (κ3) is 1.88. The van der Waals surface area contributed by atoms with Gasteiger partial charge in [-0.2, -0.15) is 5.10 Å². The van der Waals surface area contributed by atoms with Gasteiger partial charge in [0.2, 0.25) is 11.8 Å². The van der Waals surface area contributed by atoms with Crippen molar-refractivity contribution in [2.24, 2.45) is 16.9 Å². The molecule has 2 amide bonds. The summed E-state index contributed by atoms with van der Waals surface area (Å²) in [5, 5.41) is 7.26. The molecule has 114 valence electrons. The Hall–Kier alpha value is -2.17. The molecule has 1 aliphatic carbocycles. The lowest BCUT2D eigenvalue weighted by Gasteiger charge is -2.25. The molecule has 5 heteroatoms. The molecule has 0 bridgehead atoms.